The van der Waals surface area contributed by atoms with Gasteiger partial charge in [0.05, 0.1) is 4.90 Å². The largest absolute Gasteiger partial charge is 0.351 e. The van der Waals surface area contributed by atoms with Crippen molar-refractivity contribution in [3.05, 3.63) is 29.8 Å². The summed E-state index contributed by atoms with van der Waals surface area (Å²) in [5.41, 5.74) is 6.09. The van der Waals surface area contributed by atoms with Crippen molar-refractivity contribution in [3.63, 3.8) is 0 Å². The van der Waals surface area contributed by atoms with Crippen molar-refractivity contribution in [3.8, 4) is 0 Å². The quantitative estimate of drug-likeness (QED) is 0.723. The Labute approximate surface area is 124 Å². The number of nitrogens with one attached hydrogen (secondary N) is 1. The number of primary amides is 1. The SMILES string of the molecule is NC(=O)N1CCC(NCc2cccc(S(N)(=O)=O)c2)CC1. The van der Waals surface area contributed by atoms with E-state index in [9.17, 15) is 13.2 Å². The first-order valence-corrected chi connectivity index (χ1v) is 8.30. The van der Waals surface area contributed by atoms with Gasteiger partial charge in [-0.15, -0.1) is 0 Å². The topological polar surface area (TPSA) is 119 Å². The molecule has 0 aromatic heterocycles. The predicted octanol–water partition coefficient (Wildman–Crippen LogP) is -0.0333. The Morgan fingerprint density at radius 1 is 1.33 bits per heavy atom. The molecule has 1 aromatic carbocycles. The molecule has 1 heterocycles. The molecule has 1 aromatic rings. The molecule has 1 fully saturated rings. The molecule has 7 nitrogen and oxygen atoms in total. The van der Waals surface area contributed by atoms with Crippen molar-refractivity contribution in [1.82, 2.24) is 10.2 Å². The van der Waals surface area contributed by atoms with Gasteiger partial charge in [-0.05, 0) is 30.5 Å². The molecule has 1 aliphatic heterocycles. The number of hydrogen-bond donors (Lipinski definition) is 3. The van der Waals surface area contributed by atoms with E-state index in [1.165, 1.54) is 6.07 Å². The molecule has 0 radical (unpaired) electrons. The summed E-state index contributed by atoms with van der Waals surface area (Å²) < 4.78 is 22.6. The Bertz CT molecular complexity index is 610. The van der Waals surface area contributed by atoms with E-state index in [-0.39, 0.29) is 10.9 Å². The number of hydrogen-bond acceptors (Lipinski definition) is 4. The minimum absolute atomic E-state index is 0.116. The molecule has 8 heteroatoms. The van der Waals surface area contributed by atoms with E-state index in [0.717, 1.165) is 18.4 Å². The van der Waals surface area contributed by atoms with Gasteiger partial charge in [-0.25, -0.2) is 18.4 Å². The zero-order valence-corrected chi connectivity index (χ0v) is 12.5. The van der Waals surface area contributed by atoms with Crippen LogP contribution in [-0.4, -0.2) is 38.5 Å². The zero-order chi connectivity index (χ0) is 15.5. The van der Waals surface area contributed by atoms with Gasteiger partial charge >= 0.3 is 6.03 Å². The van der Waals surface area contributed by atoms with Gasteiger partial charge in [-0.3, -0.25) is 0 Å². The lowest BCUT2D eigenvalue weighted by molar-refractivity contribution is 0.185. The second-order valence-electron chi connectivity index (χ2n) is 5.17. The van der Waals surface area contributed by atoms with Gasteiger partial charge in [0.2, 0.25) is 10.0 Å². The first-order valence-electron chi connectivity index (χ1n) is 6.76. The number of benzene rings is 1. The number of amides is 2. The van der Waals surface area contributed by atoms with Gasteiger partial charge in [0.15, 0.2) is 0 Å². The highest BCUT2D eigenvalue weighted by Crippen LogP contribution is 2.13. The fourth-order valence-electron chi connectivity index (χ4n) is 2.40. The van der Waals surface area contributed by atoms with Gasteiger partial charge < -0.3 is 16.0 Å². The van der Waals surface area contributed by atoms with Crippen molar-refractivity contribution in [2.24, 2.45) is 10.9 Å². The first kappa shape index (κ1) is 15.7. The number of carbonyl (C=O) groups excluding carboxylic acids is 1. The summed E-state index contributed by atoms with van der Waals surface area (Å²) in [6.07, 6.45) is 1.66. The van der Waals surface area contributed by atoms with Crippen LogP contribution in [0.4, 0.5) is 4.79 Å². The summed E-state index contributed by atoms with van der Waals surface area (Å²) in [4.78, 5) is 12.8. The lowest BCUT2D eigenvalue weighted by atomic mass is 10.0. The summed E-state index contributed by atoms with van der Waals surface area (Å²) in [5.74, 6) is 0. The number of urea groups is 1. The Balaban J connectivity index is 1.88. The molecule has 0 spiro atoms. The highest BCUT2D eigenvalue weighted by molar-refractivity contribution is 7.89. The van der Waals surface area contributed by atoms with E-state index in [2.05, 4.69) is 5.32 Å². The van der Waals surface area contributed by atoms with E-state index in [1.807, 2.05) is 6.07 Å². The van der Waals surface area contributed by atoms with Crippen LogP contribution in [0.25, 0.3) is 0 Å². The van der Waals surface area contributed by atoms with Crippen LogP contribution >= 0.6 is 0 Å². The second-order valence-corrected chi connectivity index (χ2v) is 6.73. The van der Waals surface area contributed by atoms with E-state index in [4.69, 9.17) is 10.9 Å². The molecule has 0 unspecified atom stereocenters. The molecule has 0 saturated carbocycles. The zero-order valence-electron chi connectivity index (χ0n) is 11.7. The van der Waals surface area contributed by atoms with Gasteiger partial charge in [0, 0.05) is 25.7 Å². The Kier molecular flexibility index (Phi) is 4.81. The van der Waals surface area contributed by atoms with Crippen molar-refractivity contribution in [2.45, 2.75) is 30.3 Å². The summed E-state index contributed by atoms with van der Waals surface area (Å²) >= 11 is 0. The maximum atomic E-state index is 11.3. The lowest BCUT2D eigenvalue weighted by Crippen LogP contribution is -2.46. The van der Waals surface area contributed by atoms with Crippen LogP contribution in [0, 0.1) is 0 Å². The number of sulfonamides is 1. The summed E-state index contributed by atoms with van der Waals surface area (Å²) in [5, 5.41) is 8.47. The fourth-order valence-corrected chi connectivity index (χ4v) is 2.98. The van der Waals surface area contributed by atoms with Crippen molar-refractivity contribution >= 4 is 16.1 Å². The molecule has 0 atom stereocenters. The minimum Gasteiger partial charge on any atom is -0.351 e. The number of nitrogens with zero attached hydrogens (tertiary/aromatic N) is 1. The molecule has 1 aliphatic rings. The van der Waals surface area contributed by atoms with E-state index in [0.29, 0.717) is 25.7 Å². The Morgan fingerprint density at radius 3 is 2.57 bits per heavy atom. The van der Waals surface area contributed by atoms with Gasteiger partial charge in [-0.2, -0.15) is 0 Å². The van der Waals surface area contributed by atoms with Crippen LogP contribution in [0.15, 0.2) is 29.2 Å². The molecule has 21 heavy (non-hydrogen) atoms. The van der Waals surface area contributed by atoms with E-state index >= 15 is 0 Å². The Hall–Kier alpha value is -1.64. The van der Waals surface area contributed by atoms with Crippen LogP contribution < -0.4 is 16.2 Å². The van der Waals surface area contributed by atoms with Crippen molar-refractivity contribution in [1.29, 1.82) is 0 Å². The molecule has 116 valence electrons. The number of primary sulfonamides is 1. The maximum Gasteiger partial charge on any atom is 0.314 e. The minimum atomic E-state index is -3.67. The molecular weight excluding hydrogens is 292 g/mol. The standard InChI is InChI=1S/C13H20N4O3S/c14-13(18)17-6-4-11(5-7-17)16-9-10-2-1-3-12(8-10)21(15,19)20/h1-3,8,11,16H,4-7,9H2,(H2,14,18)(H2,15,19,20). The first-order chi connectivity index (χ1) is 9.86. The molecule has 0 aliphatic carbocycles. The third-order valence-electron chi connectivity index (χ3n) is 3.63. The van der Waals surface area contributed by atoms with Gasteiger partial charge in [0.1, 0.15) is 0 Å². The summed E-state index contributed by atoms with van der Waals surface area (Å²) in [6, 6.07) is 6.48. The van der Waals surface area contributed by atoms with Crippen LogP contribution in [0.3, 0.4) is 0 Å². The molecule has 1 saturated heterocycles. The molecule has 2 rings (SSSR count). The average molecular weight is 312 g/mol. The average Bonchev–Trinajstić information content (AvgIpc) is 2.45. The number of piperidine rings is 1. The number of likely N-dealkylation sites (tertiary alicyclic amines) is 1. The van der Waals surface area contributed by atoms with Gasteiger partial charge in [0.25, 0.3) is 0 Å². The van der Waals surface area contributed by atoms with Crippen LogP contribution in [-0.2, 0) is 16.6 Å². The van der Waals surface area contributed by atoms with Crippen LogP contribution in [0.1, 0.15) is 18.4 Å². The van der Waals surface area contributed by atoms with Crippen LogP contribution in [0.2, 0.25) is 0 Å². The predicted molar refractivity (Wildman–Crippen MR) is 78.8 cm³/mol. The molecule has 2 amide bonds. The maximum absolute atomic E-state index is 11.3. The van der Waals surface area contributed by atoms with E-state index in [1.54, 1.807) is 17.0 Å². The number of carbonyl (C=O) groups is 1. The Morgan fingerprint density at radius 2 is 2.00 bits per heavy atom. The fraction of sp³-hybridized carbons (Fsp3) is 0.462. The molecule has 0 bridgehead atoms. The van der Waals surface area contributed by atoms with Crippen molar-refractivity contribution in [2.75, 3.05) is 13.1 Å². The second kappa shape index (κ2) is 6.42. The number of rotatable bonds is 4. The van der Waals surface area contributed by atoms with Crippen molar-refractivity contribution < 1.29 is 13.2 Å². The smallest absolute Gasteiger partial charge is 0.314 e. The summed E-state index contributed by atoms with van der Waals surface area (Å²) in [7, 11) is -3.67. The molecular formula is C13H20N4O3S. The number of nitrogens with two attached hydrogens (primary N) is 2. The molecule has 5 N–H and O–H groups in total. The normalized spacial score (nSPS) is 16.9. The van der Waals surface area contributed by atoms with E-state index < -0.39 is 10.0 Å². The van der Waals surface area contributed by atoms with Crippen LogP contribution in [0.5, 0.6) is 0 Å². The van der Waals surface area contributed by atoms with Gasteiger partial charge in [-0.1, -0.05) is 12.1 Å². The third kappa shape index (κ3) is 4.42. The highest BCUT2D eigenvalue weighted by atomic mass is 32.2. The highest BCUT2D eigenvalue weighted by Gasteiger charge is 2.20. The third-order valence-corrected chi connectivity index (χ3v) is 4.54. The lowest BCUT2D eigenvalue weighted by Gasteiger charge is -2.31. The monoisotopic (exact) mass is 312 g/mol. The summed E-state index contributed by atoms with van der Waals surface area (Å²) in [6.45, 7) is 1.85.